The van der Waals surface area contributed by atoms with Gasteiger partial charge in [0.05, 0.1) is 10.6 Å². The van der Waals surface area contributed by atoms with E-state index in [-0.39, 0.29) is 4.90 Å². The zero-order chi connectivity index (χ0) is 20.1. The molecule has 0 amide bonds. The molecule has 0 aliphatic rings. The smallest absolute Gasteiger partial charge is 0.199 e. The van der Waals surface area contributed by atoms with E-state index in [1.54, 1.807) is 42.5 Å². The van der Waals surface area contributed by atoms with Gasteiger partial charge in [-0.3, -0.25) is 0 Å². The van der Waals surface area contributed by atoms with Crippen molar-refractivity contribution in [1.29, 1.82) is 0 Å². The quantitative estimate of drug-likeness (QED) is 0.407. The zero-order valence-corrected chi connectivity index (χ0v) is 18.2. The van der Waals surface area contributed by atoms with E-state index in [1.165, 1.54) is 0 Å². The summed E-state index contributed by atoms with van der Waals surface area (Å²) in [4.78, 5) is 0.160. The van der Waals surface area contributed by atoms with E-state index in [0.717, 1.165) is 15.6 Å². The summed E-state index contributed by atoms with van der Waals surface area (Å²) in [6.45, 7) is 1.90. The van der Waals surface area contributed by atoms with Crippen molar-refractivity contribution >= 4 is 49.3 Å². The highest BCUT2D eigenvalue weighted by Gasteiger charge is 2.14. The van der Waals surface area contributed by atoms with Gasteiger partial charge in [0.15, 0.2) is 0 Å². The average Bonchev–Trinajstić information content (AvgIpc) is 2.67. The lowest BCUT2D eigenvalue weighted by atomic mass is 10.1. The molecule has 28 heavy (non-hydrogen) atoms. The second-order valence-electron chi connectivity index (χ2n) is 6.16. The van der Waals surface area contributed by atoms with Crippen LogP contribution in [0.2, 0.25) is 5.02 Å². The minimum Gasteiger partial charge on any atom is -0.199 e. The number of benzene rings is 3. The molecular formula is C22H17BrClNO2S. The maximum absolute atomic E-state index is 12.8. The molecule has 0 unspecified atom stereocenters. The summed E-state index contributed by atoms with van der Waals surface area (Å²) in [6, 6.07) is 21.2. The van der Waals surface area contributed by atoms with Crippen LogP contribution in [0.5, 0.6) is 0 Å². The summed E-state index contributed by atoms with van der Waals surface area (Å²) in [6.07, 6.45) is 3.50. The largest absolute Gasteiger partial charge is 0.282 e. The molecule has 3 nitrogen and oxygen atoms in total. The summed E-state index contributed by atoms with van der Waals surface area (Å²) >= 11 is 9.31. The first-order valence-corrected chi connectivity index (χ1v) is 11.1. The van der Waals surface area contributed by atoms with Crippen LogP contribution < -0.4 is 0 Å². The van der Waals surface area contributed by atoms with Gasteiger partial charge in [0.25, 0.3) is 10.0 Å². The van der Waals surface area contributed by atoms with E-state index in [9.17, 15) is 8.42 Å². The number of halogens is 2. The molecule has 0 N–H and O–H groups in total. The fraction of sp³-hybridized carbons (Fsp3) is 0.0455. The van der Waals surface area contributed by atoms with Gasteiger partial charge in [0, 0.05) is 15.1 Å². The number of rotatable bonds is 5. The minimum atomic E-state index is -3.84. The van der Waals surface area contributed by atoms with Crippen molar-refractivity contribution < 1.29 is 8.42 Å². The van der Waals surface area contributed by atoms with Crippen LogP contribution in [-0.2, 0) is 10.0 Å². The Morgan fingerprint density at radius 3 is 2.14 bits per heavy atom. The first kappa shape index (κ1) is 20.5. The lowest BCUT2D eigenvalue weighted by molar-refractivity contribution is 0.598. The molecule has 0 saturated heterocycles. The topological polar surface area (TPSA) is 46.5 Å². The Kier molecular flexibility index (Phi) is 6.50. The third-order valence-corrected chi connectivity index (χ3v) is 6.07. The summed E-state index contributed by atoms with van der Waals surface area (Å²) in [5.74, 6) is 0. The third-order valence-electron chi connectivity index (χ3n) is 3.98. The Morgan fingerprint density at radius 2 is 1.54 bits per heavy atom. The van der Waals surface area contributed by atoms with Crippen molar-refractivity contribution in [3.8, 4) is 0 Å². The number of hydrogen-bond donors (Lipinski definition) is 0. The highest BCUT2D eigenvalue weighted by molar-refractivity contribution is 9.10. The molecule has 0 bridgehead atoms. The van der Waals surface area contributed by atoms with Crippen LogP contribution in [-0.4, -0.2) is 14.1 Å². The van der Waals surface area contributed by atoms with E-state index in [4.69, 9.17) is 11.6 Å². The summed E-state index contributed by atoms with van der Waals surface area (Å²) in [5.41, 5.74) is 2.92. The molecule has 0 spiro atoms. The van der Waals surface area contributed by atoms with Crippen molar-refractivity contribution in [3.05, 3.63) is 105 Å². The van der Waals surface area contributed by atoms with Gasteiger partial charge >= 0.3 is 0 Å². The fourth-order valence-electron chi connectivity index (χ4n) is 2.44. The first-order valence-electron chi connectivity index (χ1n) is 8.45. The Bertz CT molecular complexity index is 1120. The predicted molar refractivity (Wildman–Crippen MR) is 120 cm³/mol. The van der Waals surface area contributed by atoms with Gasteiger partial charge in [0.2, 0.25) is 0 Å². The van der Waals surface area contributed by atoms with Crippen molar-refractivity contribution in [3.63, 3.8) is 0 Å². The molecule has 0 radical (unpaired) electrons. The molecule has 6 heteroatoms. The van der Waals surface area contributed by atoms with Gasteiger partial charge in [-0.25, -0.2) is 0 Å². The van der Waals surface area contributed by atoms with Crippen molar-refractivity contribution in [2.75, 3.05) is 0 Å². The Morgan fingerprint density at radius 1 is 0.929 bits per heavy atom. The maximum Gasteiger partial charge on any atom is 0.282 e. The van der Waals surface area contributed by atoms with Gasteiger partial charge in [-0.05, 0) is 55.0 Å². The second-order valence-corrected chi connectivity index (χ2v) is 9.11. The molecule has 0 aliphatic heterocycles. The van der Waals surface area contributed by atoms with Crippen molar-refractivity contribution in [2.45, 2.75) is 11.8 Å². The Labute approximate surface area is 178 Å². The summed E-state index contributed by atoms with van der Waals surface area (Å²) in [7, 11) is -3.84. The van der Waals surface area contributed by atoms with Gasteiger partial charge in [-0.15, -0.1) is 0 Å². The predicted octanol–water partition coefficient (Wildman–Crippen LogP) is 6.30. The van der Waals surface area contributed by atoms with E-state index < -0.39 is 10.0 Å². The highest BCUT2D eigenvalue weighted by Crippen LogP contribution is 2.18. The minimum absolute atomic E-state index is 0.160. The lowest BCUT2D eigenvalue weighted by Crippen LogP contribution is -2.04. The number of aryl methyl sites for hydroxylation is 1. The van der Waals surface area contributed by atoms with E-state index in [1.807, 2.05) is 49.4 Å². The zero-order valence-electron chi connectivity index (χ0n) is 15.0. The van der Waals surface area contributed by atoms with Crippen LogP contribution in [0.15, 0.2) is 92.6 Å². The number of nitrogens with zero attached hydrogens (tertiary/aromatic N) is 1. The summed E-state index contributed by atoms with van der Waals surface area (Å²) in [5, 5.41) is 0.640. The second kappa shape index (κ2) is 8.86. The lowest BCUT2D eigenvalue weighted by Gasteiger charge is -2.05. The molecular weight excluding hydrogens is 458 g/mol. The van der Waals surface area contributed by atoms with Crippen LogP contribution in [0.25, 0.3) is 6.08 Å². The van der Waals surface area contributed by atoms with Crippen molar-refractivity contribution in [2.24, 2.45) is 4.40 Å². The van der Waals surface area contributed by atoms with Gasteiger partial charge in [-0.1, -0.05) is 75.6 Å². The number of allylic oxidation sites excluding steroid dienone is 1. The SMILES string of the molecule is Cc1ccc(S(=O)(=O)/N=C(\C=C\c2ccc(Cl)cc2)c2ccc(Br)cc2)cc1. The van der Waals surface area contributed by atoms with E-state index in [0.29, 0.717) is 16.3 Å². The van der Waals surface area contributed by atoms with Crippen LogP contribution >= 0.6 is 27.5 Å². The highest BCUT2D eigenvalue weighted by atomic mass is 79.9. The molecule has 3 rings (SSSR count). The van der Waals surface area contributed by atoms with Crippen LogP contribution in [0.1, 0.15) is 16.7 Å². The van der Waals surface area contributed by atoms with Crippen LogP contribution in [0.3, 0.4) is 0 Å². The molecule has 3 aromatic carbocycles. The molecule has 3 aromatic rings. The first-order chi connectivity index (χ1) is 13.3. The third kappa shape index (κ3) is 5.41. The molecule has 0 aliphatic carbocycles. The van der Waals surface area contributed by atoms with E-state index in [2.05, 4.69) is 20.3 Å². The number of hydrogen-bond acceptors (Lipinski definition) is 2. The molecule has 0 aromatic heterocycles. The van der Waals surface area contributed by atoms with Crippen LogP contribution in [0.4, 0.5) is 0 Å². The van der Waals surface area contributed by atoms with Gasteiger partial charge in [-0.2, -0.15) is 12.8 Å². The van der Waals surface area contributed by atoms with E-state index >= 15 is 0 Å². The van der Waals surface area contributed by atoms with Crippen molar-refractivity contribution in [1.82, 2.24) is 0 Å². The normalized spacial score (nSPS) is 12.5. The summed E-state index contributed by atoms with van der Waals surface area (Å²) < 4.78 is 30.6. The maximum atomic E-state index is 12.8. The molecule has 0 heterocycles. The molecule has 0 fully saturated rings. The number of sulfonamides is 1. The Balaban J connectivity index is 2.04. The van der Waals surface area contributed by atoms with Crippen LogP contribution in [0, 0.1) is 6.92 Å². The average molecular weight is 475 g/mol. The Hall–Kier alpha value is -2.21. The molecule has 0 atom stereocenters. The fourth-order valence-corrected chi connectivity index (χ4v) is 3.84. The molecule has 142 valence electrons. The standard InChI is InChI=1S/C22H17BrClNO2S/c1-16-2-13-21(14-3-16)28(26,27)25-22(18-7-9-19(23)10-8-18)15-6-17-4-11-20(24)12-5-17/h2-15H,1H3/b15-6+,25-22+. The molecule has 0 saturated carbocycles. The monoisotopic (exact) mass is 473 g/mol. The van der Waals surface area contributed by atoms with Gasteiger partial charge < -0.3 is 0 Å². The van der Waals surface area contributed by atoms with Gasteiger partial charge in [0.1, 0.15) is 0 Å².